The molecular weight excluding hydrogens is 366 g/mol. The lowest BCUT2D eigenvalue weighted by Crippen LogP contribution is -2.08. The number of benzene rings is 1. The summed E-state index contributed by atoms with van der Waals surface area (Å²) in [6.45, 7) is 1.77. The van der Waals surface area contributed by atoms with Crippen molar-refractivity contribution in [2.24, 2.45) is 4.99 Å². The molecule has 132 valence electrons. The Balaban J connectivity index is 1.84. The van der Waals surface area contributed by atoms with E-state index in [1.165, 1.54) is 12.1 Å². The summed E-state index contributed by atoms with van der Waals surface area (Å²) in [6.07, 6.45) is 2.39. The van der Waals surface area contributed by atoms with E-state index >= 15 is 0 Å². The van der Waals surface area contributed by atoms with Crippen LogP contribution in [0.5, 0.6) is 0 Å². The van der Waals surface area contributed by atoms with Gasteiger partial charge in [-0.05, 0) is 31.2 Å². The Bertz CT molecular complexity index is 939. The number of hydrogen-bond acceptors (Lipinski definition) is 6. The average Bonchev–Trinajstić information content (AvgIpc) is 2.93. The topological polar surface area (TPSA) is 145 Å². The van der Waals surface area contributed by atoms with Gasteiger partial charge >= 0.3 is 7.60 Å². The molecule has 0 fully saturated rings. The maximum atomic E-state index is 12.1. The second-order valence-electron chi connectivity index (χ2n) is 5.61. The van der Waals surface area contributed by atoms with E-state index < -0.39 is 20.9 Å². The lowest BCUT2D eigenvalue weighted by Gasteiger charge is -2.14. The van der Waals surface area contributed by atoms with E-state index in [9.17, 15) is 14.0 Å². The minimum absolute atomic E-state index is 0.0245. The molecule has 4 N–H and O–H groups in total. The van der Waals surface area contributed by atoms with Crippen molar-refractivity contribution < 1.29 is 23.8 Å². The van der Waals surface area contributed by atoms with E-state index in [0.29, 0.717) is 29.4 Å². The molecule has 1 unspecified atom stereocenters. The molecule has 1 aliphatic heterocycles. The highest BCUT2D eigenvalue weighted by molar-refractivity contribution is 7.77. The molecule has 0 amide bonds. The predicted molar refractivity (Wildman–Crippen MR) is 94.7 cm³/mol. The minimum Gasteiger partial charge on any atom is -0.341 e. The van der Waals surface area contributed by atoms with E-state index in [-0.39, 0.29) is 5.30 Å². The second-order valence-corrected chi connectivity index (χ2v) is 9.99. The van der Waals surface area contributed by atoms with Crippen molar-refractivity contribution in [1.29, 1.82) is 0 Å². The van der Waals surface area contributed by atoms with Gasteiger partial charge in [-0.15, -0.1) is 0 Å². The Labute approximate surface area is 143 Å². The molecular formula is C14H16N4O5P2. The van der Waals surface area contributed by atoms with Crippen molar-refractivity contribution in [1.82, 2.24) is 9.97 Å². The second kappa shape index (κ2) is 6.44. The van der Waals surface area contributed by atoms with Crippen LogP contribution in [0.25, 0.3) is 0 Å². The number of anilines is 2. The van der Waals surface area contributed by atoms with Crippen molar-refractivity contribution >= 4 is 43.7 Å². The number of nitrogens with zero attached hydrogens (tertiary/aromatic N) is 3. The summed E-state index contributed by atoms with van der Waals surface area (Å²) in [5, 5.41) is 3.06. The number of hydrogen-bond donors (Lipinski definition) is 4. The van der Waals surface area contributed by atoms with Gasteiger partial charge in [-0.2, -0.15) is 0 Å². The fourth-order valence-corrected chi connectivity index (χ4v) is 5.72. The number of fused-ring (bicyclic) bond motifs is 1. The van der Waals surface area contributed by atoms with E-state index in [1.807, 2.05) is 0 Å². The fourth-order valence-electron chi connectivity index (χ4n) is 2.46. The Kier molecular flexibility index (Phi) is 4.62. The highest BCUT2D eigenvalue weighted by Crippen LogP contribution is 2.53. The first-order valence-corrected chi connectivity index (χ1v) is 10.9. The van der Waals surface area contributed by atoms with E-state index in [1.54, 1.807) is 25.3 Å². The van der Waals surface area contributed by atoms with Gasteiger partial charge in [-0.25, -0.2) is 9.97 Å². The molecule has 2 aromatic rings. The average molecular weight is 382 g/mol. The van der Waals surface area contributed by atoms with Crippen molar-refractivity contribution in [3.05, 3.63) is 35.8 Å². The molecule has 3 rings (SSSR count). The number of aromatic nitrogens is 2. The molecule has 1 aromatic heterocycles. The van der Waals surface area contributed by atoms with Gasteiger partial charge in [0.05, 0.1) is 5.69 Å². The first kappa shape index (κ1) is 17.9. The van der Waals surface area contributed by atoms with Crippen LogP contribution in [0, 0.1) is 6.92 Å². The monoisotopic (exact) mass is 382 g/mol. The molecule has 0 radical (unpaired) electrons. The Morgan fingerprint density at radius 3 is 2.44 bits per heavy atom. The van der Waals surface area contributed by atoms with Crippen molar-refractivity contribution in [3.8, 4) is 0 Å². The van der Waals surface area contributed by atoms with Crippen LogP contribution in [-0.2, 0) is 15.6 Å². The van der Waals surface area contributed by atoms with Crippen LogP contribution in [0.1, 0.15) is 11.5 Å². The van der Waals surface area contributed by atoms with Crippen molar-refractivity contribution in [2.45, 2.75) is 13.3 Å². The summed E-state index contributed by atoms with van der Waals surface area (Å²) in [5.74, 6) is 0.0522. The SMILES string of the molecule is Cc1nc2c(c(Nc3ccc(P(=O)(O)CP(=O)(O)O)cc3)n1)N=CC2. The van der Waals surface area contributed by atoms with E-state index in [0.717, 1.165) is 5.69 Å². The summed E-state index contributed by atoms with van der Waals surface area (Å²) < 4.78 is 23.1. The van der Waals surface area contributed by atoms with Crippen LogP contribution in [0.3, 0.4) is 0 Å². The van der Waals surface area contributed by atoms with Crippen LogP contribution >= 0.6 is 15.0 Å². The maximum absolute atomic E-state index is 12.1. The summed E-state index contributed by atoms with van der Waals surface area (Å²) in [5.41, 5.74) is 2.08. The smallest absolute Gasteiger partial charge is 0.335 e. The molecule has 1 aliphatic rings. The Morgan fingerprint density at radius 2 is 1.80 bits per heavy atom. The molecule has 0 bridgehead atoms. The molecule has 1 atom stereocenters. The third-order valence-electron chi connectivity index (χ3n) is 3.48. The van der Waals surface area contributed by atoms with Gasteiger partial charge in [0.2, 0.25) is 7.37 Å². The van der Waals surface area contributed by atoms with Crippen LogP contribution in [0.4, 0.5) is 17.2 Å². The highest BCUT2D eigenvalue weighted by Gasteiger charge is 2.31. The zero-order valence-corrected chi connectivity index (χ0v) is 15.0. The molecule has 25 heavy (non-hydrogen) atoms. The molecule has 1 aromatic carbocycles. The van der Waals surface area contributed by atoms with Crippen LogP contribution in [0.2, 0.25) is 0 Å². The molecule has 0 saturated carbocycles. The predicted octanol–water partition coefficient (Wildman–Crippen LogP) is 1.82. The zero-order valence-electron chi connectivity index (χ0n) is 13.2. The van der Waals surface area contributed by atoms with Crippen LogP contribution < -0.4 is 10.6 Å². The zero-order chi connectivity index (χ0) is 18.2. The first-order valence-electron chi connectivity index (χ1n) is 7.28. The van der Waals surface area contributed by atoms with Crippen molar-refractivity contribution in [3.63, 3.8) is 0 Å². The normalized spacial score (nSPS) is 15.7. The van der Waals surface area contributed by atoms with Gasteiger partial charge in [0.15, 0.2) is 5.82 Å². The van der Waals surface area contributed by atoms with Crippen LogP contribution in [-0.4, -0.2) is 36.8 Å². The maximum Gasteiger partial charge on any atom is 0.335 e. The summed E-state index contributed by atoms with van der Waals surface area (Å²) in [6, 6.07) is 5.80. The number of aryl methyl sites for hydroxylation is 1. The fraction of sp³-hybridized carbons (Fsp3) is 0.214. The quantitative estimate of drug-likeness (QED) is 0.573. The number of aliphatic imine (C=N–C) groups is 1. The third-order valence-corrected chi connectivity index (χ3v) is 7.59. The number of rotatable bonds is 5. The third kappa shape index (κ3) is 4.21. The van der Waals surface area contributed by atoms with E-state index in [4.69, 9.17) is 9.79 Å². The van der Waals surface area contributed by atoms with Gasteiger partial charge in [0.1, 0.15) is 17.4 Å². The largest absolute Gasteiger partial charge is 0.341 e. The van der Waals surface area contributed by atoms with Crippen molar-refractivity contribution in [2.75, 3.05) is 11.2 Å². The number of nitrogens with one attached hydrogen (secondary N) is 1. The first-order chi connectivity index (χ1) is 11.6. The van der Waals surface area contributed by atoms with Gasteiger partial charge in [0.25, 0.3) is 0 Å². The molecule has 9 nitrogen and oxygen atoms in total. The van der Waals surface area contributed by atoms with E-state index in [2.05, 4.69) is 20.3 Å². The molecule has 0 spiro atoms. The molecule has 11 heteroatoms. The summed E-state index contributed by atoms with van der Waals surface area (Å²) >= 11 is 0. The van der Waals surface area contributed by atoms with Gasteiger partial charge in [-0.3, -0.25) is 14.1 Å². The minimum atomic E-state index is -4.60. The summed E-state index contributed by atoms with van der Waals surface area (Å²) in [4.78, 5) is 40.6. The van der Waals surface area contributed by atoms with Gasteiger partial charge < -0.3 is 20.0 Å². The standard InChI is InChI=1S/C14H16N4O5P2/c1-9-16-12-6-7-15-13(12)14(17-9)18-10-2-4-11(5-3-10)24(19,20)8-25(21,22)23/h2-5,7H,6,8H2,1H3,(H,19,20)(H,16,17,18)(H2,21,22,23). The lowest BCUT2D eigenvalue weighted by atomic mass is 10.2. The van der Waals surface area contributed by atoms with Gasteiger partial charge in [0, 0.05) is 23.6 Å². The molecule has 2 heterocycles. The highest BCUT2D eigenvalue weighted by atomic mass is 31.2. The Morgan fingerprint density at radius 1 is 1.12 bits per heavy atom. The van der Waals surface area contributed by atoms with Gasteiger partial charge in [-0.1, -0.05) is 0 Å². The summed E-state index contributed by atoms with van der Waals surface area (Å²) in [7, 11) is -8.73. The molecule has 0 aliphatic carbocycles. The van der Waals surface area contributed by atoms with Crippen LogP contribution in [0.15, 0.2) is 29.3 Å². The Hall–Kier alpha value is -1.89. The lowest BCUT2D eigenvalue weighted by molar-refractivity contribution is 0.376. The molecule has 0 saturated heterocycles.